The number of amides is 1. The Morgan fingerprint density at radius 1 is 1.13 bits per heavy atom. The molecule has 0 bridgehead atoms. The third kappa shape index (κ3) is 7.31. The van der Waals surface area contributed by atoms with Gasteiger partial charge in [-0.25, -0.2) is 14.6 Å². The van der Waals surface area contributed by atoms with Crippen LogP contribution in [0.3, 0.4) is 0 Å². The second kappa shape index (κ2) is 14.5. The number of oxime groups is 1. The number of carboxylic acid groups (broad SMARTS) is 3. The van der Waals surface area contributed by atoms with E-state index < -0.39 is 87.9 Å². The molecule has 3 aromatic rings. The van der Waals surface area contributed by atoms with Crippen molar-refractivity contribution < 1.29 is 63.3 Å². The van der Waals surface area contributed by atoms with Gasteiger partial charge in [0.15, 0.2) is 33.7 Å². The Morgan fingerprint density at radius 3 is 2.45 bits per heavy atom. The monoisotopic (exact) mass is 775 g/mol. The minimum Gasteiger partial charge on any atom is -0.504 e. The number of ketones is 1. The number of aromatic hydroxyl groups is 2. The Balaban J connectivity index is 1.22. The van der Waals surface area contributed by atoms with E-state index in [1.165, 1.54) is 22.0 Å². The summed E-state index contributed by atoms with van der Waals surface area (Å²) in [5.41, 5.74) is 5.15. The Hall–Kier alpha value is -5.41. The van der Waals surface area contributed by atoms with Gasteiger partial charge in [-0.2, -0.15) is 4.74 Å². The summed E-state index contributed by atoms with van der Waals surface area (Å²) in [6.45, 7) is 3.97. The van der Waals surface area contributed by atoms with Crippen LogP contribution in [0.25, 0.3) is 11.0 Å². The van der Waals surface area contributed by atoms with Crippen molar-refractivity contribution in [2.45, 2.75) is 55.9 Å². The number of benzene rings is 1. The number of thioether (sulfide) groups is 1. The fraction of sp³-hybridized carbons (Fsp3) is 0.438. The first-order valence-electron chi connectivity index (χ1n) is 16.4. The van der Waals surface area contributed by atoms with Gasteiger partial charge < -0.3 is 45.1 Å². The molecule has 5 heterocycles. The van der Waals surface area contributed by atoms with Crippen molar-refractivity contribution in [1.29, 1.82) is 0 Å². The van der Waals surface area contributed by atoms with Gasteiger partial charge in [0.1, 0.15) is 31.0 Å². The number of aromatic nitrogens is 2. The third-order valence-electron chi connectivity index (χ3n) is 9.62. The molecule has 6 rings (SSSR count). The number of carbonyl (C=O) groups excluding carboxylic acids is 2. The van der Waals surface area contributed by atoms with Gasteiger partial charge in [0.05, 0.1) is 36.2 Å². The summed E-state index contributed by atoms with van der Waals surface area (Å²) in [5, 5.41) is 52.6. The SMILES string of the molecule is C[C@@H]1S[C@@H]2[C@H](CC(=O)/C(=N\O[C@@H](CC(=O)O)C(=O)O)c3csc(N)n3)C(=O)N2C(C(=O)O)=C1C[N+]1(CCn2oc3cc(O)c(O)cc3c2=O)CCCC1. The van der Waals surface area contributed by atoms with E-state index in [1.54, 1.807) is 0 Å². The van der Waals surface area contributed by atoms with Crippen molar-refractivity contribution >= 4 is 74.5 Å². The molecule has 2 aromatic heterocycles. The summed E-state index contributed by atoms with van der Waals surface area (Å²) in [6, 6.07) is 2.29. The van der Waals surface area contributed by atoms with E-state index in [0.29, 0.717) is 29.7 Å². The van der Waals surface area contributed by atoms with Crippen LogP contribution in [0.5, 0.6) is 11.5 Å². The highest BCUT2D eigenvalue weighted by Crippen LogP contribution is 2.49. The van der Waals surface area contributed by atoms with Crippen LogP contribution in [-0.4, -0.2) is 123 Å². The van der Waals surface area contributed by atoms with Gasteiger partial charge in [0.2, 0.25) is 12.0 Å². The van der Waals surface area contributed by atoms with E-state index in [9.17, 15) is 49.2 Å². The number of phenols is 2. The number of hydrogen-bond acceptors (Lipinski definition) is 15. The molecule has 0 radical (unpaired) electrons. The van der Waals surface area contributed by atoms with Crippen molar-refractivity contribution in [2.75, 3.05) is 31.9 Å². The lowest BCUT2D eigenvalue weighted by Gasteiger charge is -2.51. The summed E-state index contributed by atoms with van der Waals surface area (Å²) < 4.78 is 7.22. The van der Waals surface area contributed by atoms with Crippen LogP contribution in [-0.2, 0) is 35.4 Å². The molecule has 0 spiro atoms. The normalized spacial score (nSPS) is 21.7. The molecule has 2 saturated heterocycles. The molecule has 0 aliphatic carbocycles. The molecule has 2 fully saturated rings. The fourth-order valence-electron chi connectivity index (χ4n) is 6.94. The molecule has 53 heavy (non-hydrogen) atoms. The average molecular weight is 776 g/mol. The van der Waals surface area contributed by atoms with Crippen LogP contribution in [0.4, 0.5) is 5.13 Å². The standard InChI is InChI=1S/C32H34N6O13S2/c1-14-17(12-38(5-2-3-6-38)7-4-36-27(44)15-8-19(39)20(40)10-22(15)51-36)26(31(48)49)37-28(45)16(29(37)53-14)9-21(41)25(18-13-52-32(33)34-18)35-50-23(30(46)47)11-24(42)43/h8,10,13-14,16,23,29H,2-7,9,11-12H2,1H3,(H6-,33,34,35,39,40,41,42,43,44,46,47,48,49)/p+1/t14-,16+,23-,29+/m0/s1. The second-order valence-electron chi connectivity index (χ2n) is 13.0. The molecule has 7 N–H and O–H groups in total. The van der Waals surface area contributed by atoms with E-state index in [-0.39, 0.29) is 40.6 Å². The maximum absolute atomic E-state index is 13.7. The molecule has 4 atom stereocenters. The number of β-lactam (4-membered cyclic amide) rings is 1. The molecule has 282 valence electrons. The van der Waals surface area contributed by atoms with E-state index in [4.69, 9.17) is 20.2 Å². The first kappa shape index (κ1) is 37.4. The Labute approximate surface area is 307 Å². The van der Waals surface area contributed by atoms with Gasteiger partial charge in [0.25, 0.3) is 5.56 Å². The Bertz CT molecular complexity index is 2130. The Morgan fingerprint density at radius 2 is 1.83 bits per heavy atom. The number of fused-ring (bicyclic) bond motifs is 2. The molecular weight excluding hydrogens is 741 g/mol. The lowest BCUT2D eigenvalue weighted by molar-refractivity contribution is -0.913. The van der Waals surface area contributed by atoms with Crippen LogP contribution in [0.1, 0.15) is 38.3 Å². The largest absolute Gasteiger partial charge is 0.504 e. The van der Waals surface area contributed by atoms with Gasteiger partial charge in [-0.15, -0.1) is 23.1 Å². The topological polar surface area (TPSA) is 285 Å². The third-order valence-corrected chi connectivity index (χ3v) is 11.8. The summed E-state index contributed by atoms with van der Waals surface area (Å²) >= 11 is 2.27. The molecule has 19 nitrogen and oxygen atoms in total. The fourth-order valence-corrected chi connectivity index (χ4v) is 8.99. The smallest absolute Gasteiger partial charge is 0.352 e. The number of nitrogen functional groups attached to an aromatic ring is 1. The number of rotatable bonds is 15. The van der Waals surface area contributed by atoms with E-state index in [2.05, 4.69) is 10.1 Å². The summed E-state index contributed by atoms with van der Waals surface area (Å²) in [6.07, 6.45) is -1.63. The van der Waals surface area contributed by atoms with Crippen molar-refractivity contribution in [3.8, 4) is 11.5 Å². The van der Waals surface area contributed by atoms with Gasteiger partial charge in [-0.3, -0.25) is 24.1 Å². The molecule has 0 unspecified atom stereocenters. The maximum Gasteiger partial charge on any atom is 0.352 e. The molecule has 0 saturated carbocycles. The molecule has 1 amide bonds. The van der Waals surface area contributed by atoms with Crippen LogP contribution < -0.4 is 11.3 Å². The van der Waals surface area contributed by atoms with Gasteiger partial charge in [-0.1, -0.05) is 5.16 Å². The van der Waals surface area contributed by atoms with Crippen LogP contribution in [0.2, 0.25) is 0 Å². The maximum atomic E-state index is 13.7. The summed E-state index contributed by atoms with van der Waals surface area (Å²) in [7, 11) is 0. The number of Topliss-reactive ketones (excluding diaryl/α,β-unsaturated/α-hetero) is 1. The van der Waals surface area contributed by atoms with Gasteiger partial charge in [-0.05, 0) is 6.92 Å². The van der Waals surface area contributed by atoms with E-state index >= 15 is 0 Å². The zero-order valence-corrected chi connectivity index (χ0v) is 29.7. The minimum absolute atomic E-state index is 0.0517. The quantitative estimate of drug-likeness (QED) is 0.0416. The lowest BCUT2D eigenvalue weighted by Crippen LogP contribution is -2.63. The number of likely N-dealkylation sites (tertiary alicyclic amines) is 1. The number of anilines is 1. The van der Waals surface area contributed by atoms with Crippen molar-refractivity contribution in [1.82, 2.24) is 14.6 Å². The van der Waals surface area contributed by atoms with Crippen LogP contribution in [0.15, 0.2) is 43.3 Å². The van der Waals surface area contributed by atoms with E-state index in [1.807, 2.05) is 6.92 Å². The Kier molecular flexibility index (Phi) is 10.3. The minimum atomic E-state index is -1.92. The molecule has 3 aliphatic rings. The van der Waals surface area contributed by atoms with Gasteiger partial charge >= 0.3 is 17.9 Å². The molecular formula is C32H35N6O13S2+. The van der Waals surface area contributed by atoms with E-state index in [0.717, 1.165) is 41.1 Å². The number of nitrogens with zero attached hydrogens (tertiary/aromatic N) is 5. The van der Waals surface area contributed by atoms with Crippen LogP contribution in [0, 0.1) is 5.92 Å². The highest BCUT2D eigenvalue weighted by molar-refractivity contribution is 8.00. The summed E-state index contributed by atoms with van der Waals surface area (Å²) in [5.74, 6) is -7.68. The van der Waals surface area contributed by atoms with Crippen molar-refractivity contribution in [3.63, 3.8) is 0 Å². The number of thiazole rings is 1. The molecule has 21 heteroatoms. The van der Waals surface area contributed by atoms with Gasteiger partial charge in [0, 0.05) is 47.6 Å². The molecule has 3 aliphatic heterocycles. The average Bonchev–Trinajstić information content (AvgIpc) is 3.82. The zero-order chi connectivity index (χ0) is 38.4. The number of carboxylic acids is 3. The van der Waals surface area contributed by atoms with Crippen molar-refractivity contribution in [2.24, 2.45) is 11.1 Å². The number of nitrogens with two attached hydrogens (primary N) is 1. The highest BCUT2D eigenvalue weighted by Gasteiger charge is 2.56. The number of aliphatic carboxylic acids is 3. The van der Waals surface area contributed by atoms with Crippen LogP contribution >= 0.6 is 23.1 Å². The zero-order valence-electron chi connectivity index (χ0n) is 28.0. The first-order chi connectivity index (χ1) is 25.1. The number of phenolic OH excluding ortho intramolecular Hbond substituents is 2. The summed E-state index contributed by atoms with van der Waals surface area (Å²) in [4.78, 5) is 85.9. The number of quaternary nitrogens is 1. The molecule has 1 aromatic carbocycles. The number of hydrogen-bond donors (Lipinski definition) is 6. The number of carbonyl (C=O) groups is 5. The van der Waals surface area contributed by atoms with Crippen molar-refractivity contribution in [3.05, 3.63) is 44.8 Å². The first-order valence-corrected chi connectivity index (χ1v) is 18.2. The predicted molar refractivity (Wildman–Crippen MR) is 186 cm³/mol. The lowest BCUT2D eigenvalue weighted by atomic mass is 9.88. The highest BCUT2D eigenvalue weighted by atomic mass is 32.2. The predicted octanol–water partition coefficient (Wildman–Crippen LogP) is 1.22. The second-order valence-corrected chi connectivity index (χ2v) is 15.4.